The van der Waals surface area contributed by atoms with Gasteiger partial charge in [-0.2, -0.15) is 0 Å². The molecule has 0 bridgehead atoms. The first kappa shape index (κ1) is 23.2. The molecule has 0 aromatic heterocycles. The number of carbonyl (C=O) groups excluding carboxylic acids is 2. The molecular weight excluding hydrogens is 411 g/mol. The fourth-order valence-corrected chi connectivity index (χ4v) is 3.70. The third-order valence-electron chi connectivity index (χ3n) is 5.33. The molecule has 3 rings (SSSR count). The highest BCUT2D eigenvalue weighted by Crippen LogP contribution is 2.40. The van der Waals surface area contributed by atoms with Crippen molar-refractivity contribution >= 4 is 17.4 Å². The molecule has 0 aliphatic carbocycles. The van der Waals surface area contributed by atoms with E-state index in [4.69, 9.17) is 4.74 Å². The van der Waals surface area contributed by atoms with Gasteiger partial charge < -0.3 is 19.6 Å². The minimum atomic E-state index is -0.813. The summed E-state index contributed by atoms with van der Waals surface area (Å²) in [7, 11) is 3.73. The van der Waals surface area contributed by atoms with Crippen molar-refractivity contribution in [1.82, 2.24) is 9.80 Å². The van der Waals surface area contributed by atoms with Gasteiger partial charge in [0.15, 0.2) is 0 Å². The lowest BCUT2D eigenvalue weighted by Crippen LogP contribution is -2.35. The minimum Gasteiger partial charge on any atom is -0.507 e. The number of carbonyl (C=O) groups is 2. The first-order valence-electron chi connectivity index (χ1n) is 10.3. The van der Waals surface area contributed by atoms with Gasteiger partial charge in [-0.15, -0.1) is 0 Å². The second-order valence-electron chi connectivity index (χ2n) is 7.92. The predicted octanol–water partition coefficient (Wildman–Crippen LogP) is 3.68. The maximum atomic E-state index is 13.5. The van der Waals surface area contributed by atoms with E-state index >= 15 is 0 Å². The fourth-order valence-electron chi connectivity index (χ4n) is 3.70. The van der Waals surface area contributed by atoms with E-state index in [2.05, 4.69) is 6.58 Å². The van der Waals surface area contributed by atoms with Crippen molar-refractivity contribution in [2.45, 2.75) is 13.0 Å². The van der Waals surface area contributed by atoms with Gasteiger partial charge in [-0.25, -0.2) is 4.39 Å². The van der Waals surface area contributed by atoms with E-state index in [0.717, 1.165) is 0 Å². The molecule has 0 saturated carbocycles. The molecule has 2 aromatic carbocycles. The van der Waals surface area contributed by atoms with Gasteiger partial charge in [0.2, 0.25) is 0 Å². The molecule has 0 radical (unpaired) electrons. The largest absolute Gasteiger partial charge is 0.507 e. The number of likely N-dealkylation sites (N-methyl/N-ethyl adjacent to an activating group) is 1. The van der Waals surface area contributed by atoms with Gasteiger partial charge in [0.05, 0.1) is 11.6 Å². The van der Waals surface area contributed by atoms with E-state index in [1.165, 1.54) is 29.2 Å². The van der Waals surface area contributed by atoms with Crippen LogP contribution in [0.2, 0.25) is 0 Å². The molecule has 1 atom stereocenters. The summed E-state index contributed by atoms with van der Waals surface area (Å²) in [6.07, 6.45) is 1.63. The summed E-state index contributed by atoms with van der Waals surface area (Å²) < 4.78 is 19.1. The van der Waals surface area contributed by atoms with Gasteiger partial charge in [0, 0.05) is 18.7 Å². The summed E-state index contributed by atoms with van der Waals surface area (Å²) >= 11 is 0. The Bertz CT molecular complexity index is 1060. The van der Waals surface area contributed by atoms with Crippen LogP contribution in [0.3, 0.4) is 0 Å². The summed E-state index contributed by atoms with van der Waals surface area (Å²) in [6.45, 7) is 6.54. The molecule has 2 aromatic rings. The Morgan fingerprint density at radius 2 is 1.91 bits per heavy atom. The van der Waals surface area contributed by atoms with Gasteiger partial charge in [-0.3, -0.25) is 9.59 Å². The van der Waals surface area contributed by atoms with Gasteiger partial charge in [0.1, 0.15) is 23.9 Å². The zero-order chi connectivity index (χ0) is 23.4. The van der Waals surface area contributed by atoms with Gasteiger partial charge in [-0.1, -0.05) is 24.8 Å². The molecule has 1 fully saturated rings. The highest BCUT2D eigenvalue weighted by atomic mass is 19.1. The van der Waals surface area contributed by atoms with Crippen molar-refractivity contribution in [2.75, 3.05) is 33.8 Å². The summed E-state index contributed by atoms with van der Waals surface area (Å²) in [5, 5.41) is 11.2. The summed E-state index contributed by atoms with van der Waals surface area (Å²) in [5.41, 5.74) is 1.65. The van der Waals surface area contributed by atoms with Crippen LogP contribution < -0.4 is 4.74 Å². The number of hydrogen-bond donors (Lipinski definition) is 1. The molecule has 168 valence electrons. The molecule has 32 heavy (non-hydrogen) atoms. The average Bonchev–Trinajstić information content (AvgIpc) is 3.01. The average molecular weight is 438 g/mol. The number of aryl methyl sites for hydroxylation is 1. The normalized spacial score (nSPS) is 17.8. The summed E-state index contributed by atoms with van der Waals surface area (Å²) in [5.74, 6) is -1.54. The third-order valence-corrected chi connectivity index (χ3v) is 5.33. The number of halogens is 1. The molecule has 1 aliphatic heterocycles. The van der Waals surface area contributed by atoms with Crippen LogP contribution in [0.25, 0.3) is 5.76 Å². The third kappa shape index (κ3) is 4.73. The van der Waals surface area contributed by atoms with E-state index in [1.54, 1.807) is 31.2 Å². The lowest BCUT2D eigenvalue weighted by molar-refractivity contribution is -0.140. The maximum Gasteiger partial charge on any atom is 0.295 e. The smallest absolute Gasteiger partial charge is 0.295 e. The van der Waals surface area contributed by atoms with Crippen LogP contribution in [0.5, 0.6) is 5.75 Å². The molecule has 1 saturated heterocycles. The Morgan fingerprint density at radius 1 is 1.22 bits per heavy atom. The molecule has 0 spiro atoms. The fraction of sp³-hybridized carbons (Fsp3) is 0.280. The quantitative estimate of drug-likeness (QED) is 0.295. The van der Waals surface area contributed by atoms with Gasteiger partial charge in [0.25, 0.3) is 11.7 Å². The van der Waals surface area contributed by atoms with Crippen LogP contribution >= 0.6 is 0 Å². The predicted molar refractivity (Wildman–Crippen MR) is 121 cm³/mol. The van der Waals surface area contributed by atoms with Gasteiger partial charge >= 0.3 is 0 Å². The monoisotopic (exact) mass is 438 g/mol. The van der Waals surface area contributed by atoms with E-state index < -0.39 is 23.5 Å². The second kappa shape index (κ2) is 9.78. The molecule has 6 nitrogen and oxygen atoms in total. The number of amides is 1. The van der Waals surface area contributed by atoms with Crippen LogP contribution in [0.4, 0.5) is 4.39 Å². The number of Topliss-reactive ketones (excluding diaryl/α,β-unsaturated/α-hetero) is 1. The first-order valence-corrected chi connectivity index (χ1v) is 10.3. The molecule has 1 unspecified atom stereocenters. The number of hydrogen-bond acceptors (Lipinski definition) is 5. The Morgan fingerprint density at radius 3 is 2.50 bits per heavy atom. The number of aliphatic hydroxyl groups excluding tert-OH is 1. The maximum absolute atomic E-state index is 13.5. The van der Waals surface area contributed by atoms with E-state index in [9.17, 15) is 19.1 Å². The molecule has 1 heterocycles. The Kier molecular flexibility index (Phi) is 7.10. The lowest BCUT2D eigenvalue weighted by Gasteiger charge is -2.26. The standard InChI is InChI=1S/C25H27FN2O4/c1-5-14-32-19-10-11-20(16(2)15-19)23(29)21-22(17-6-8-18(26)9-7-17)28(13-12-27(3)4)25(31)24(21)30/h5-11,15,22,29H,1,12-14H2,2-4H3. The Labute approximate surface area is 187 Å². The highest BCUT2D eigenvalue weighted by Gasteiger charge is 2.46. The van der Waals surface area contributed by atoms with Crippen molar-refractivity contribution in [2.24, 2.45) is 0 Å². The molecular formula is C25H27FN2O4. The SMILES string of the molecule is C=CCOc1ccc(C(O)=C2C(=O)C(=O)N(CCN(C)C)C2c2ccc(F)cc2)c(C)c1. The van der Waals surface area contributed by atoms with E-state index in [0.29, 0.717) is 35.6 Å². The van der Waals surface area contributed by atoms with Crippen molar-refractivity contribution in [1.29, 1.82) is 0 Å². The number of rotatable bonds is 8. The lowest BCUT2D eigenvalue weighted by atomic mass is 9.94. The first-order chi connectivity index (χ1) is 15.2. The summed E-state index contributed by atoms with van der Waals surface area (Å²) in [4.78, 5) is 29.2. The second-order valence-corrected chi connectivity index (χ2v) is 7.92. The van der Waals surface area contributed by atoms with Crippen LogP contribution in [0.15, 0.2) is 60.7 Å². The Hall–Kier alpha value is -3.45. The number of nitrogens with zero attached hydrogens (tertiary/aromatic N) is 2. The number of likely N-dealkylation sites (tertiary alicyclic amines) is 1. The van der Waals surface area contributed by atoms with Crippen molar-refractivity contribution < 1.29 is 23.8 Å². The number of aliphatic hydroxyl groups is 1. The minimum absolute atomic E-state index is 0.0109. The molecule has 1 amide bonds. The topological polar surface area (TPSA) is 70.1 Å². The van der Waals surface area contributed by atoms with Crippen LogP contribution in [0.1, 0.15) is 22.7 Å². The number of benzene rings is 2. The zero-order valence-corrected chi connectivity index (χ0v) is 18.5. The van der Waals surface area contributed by atoms with E-state index in [1.807, 2.05) is 19.0 Å². The van der Waals surface area contributed by atoms with Crippen LogP contribution in [0, 0.1) is 12.7 Å². The van der Waals surface area contributed by atoms with Crippen LogP contribution in [-0.2, 0) is 9.59 Å². The van der Waals surface area contributed by atoms with Gasteiger partial charge in [-0.05, 0) is 62.5 Å². The molecule has 1 N–H and O–H groups in total. The molecule has 7 heteroatoms. The number of ether oxygens (including phenoxy) is 1. The van der Waals surface area contributed by atoms with E-state index in [-0.39, 0.29) is 17.9 Å². The van der Waals surface area contributed by atoms with Crippen molar-refractivity contribution in [3.05, 3.63) is 83.2 Å². The number of ketones is 1. The highest BCUT2D eigenvalue weighted by molar-refractivity contribution is 6.46. The zero-order valence-electron chi connectivity index (χ0n) is 18.5. The summed E-state index contributed by atoms with van der Waals surface area (Å²) in [6, 6.07) is 9.87. The Balaban J connectivity index is 2.11. The van der Waals surface area contributed by atoms with Crippen LogP contribution in [-0.4, -0.2) is 60.4 Å². The van der Waals surface area contributed by atoms with Crippen molar-refractivity contribution in [3.63, 3.8) is 0 Å². The van der Waals surface area contributed by atoms with Crippen molar-refractivity contribution in [3.8, 4) is 5.75 Å². The molecule has 1 aliphatic rings.